The van der Waals surface area contributed by atoms with E-state index >= 15 is 0 Å². The van der Waals surface area contributed by atoms with Crippen molar-refractivity contribution < 1.29 is 4.74 Å². The first-order valence-electron chi connectivity index (χ1n) is 7.54. The fourth-order valence-electron chi connectivity index (χ4n) is 2.58. The SMILES string of the molecule is CCOC=Cc1c2c(C)cccc2nn1-c1ccc(C)cc1. The summed E-state index contributed by atoms with van der Waals surface area (Å²) in [5.74, 6) is 0. The van der Waals surface area contributed by atoms with Gasteiger partial charge in [0.05, 0.1) is 29.8 Å². The Labute approximate surface area is 130 Å². The van der Waals surface area contributed by atoms with Crippen LogP contribution in [0.5, 0.6) is 0 Å². The number of aromatic nitrogens is 2. The molecule has 3 aromatic rings. The van der Waals surface area contributed by atoms with E-state index in [0.717, 1.165) is 16.9 Å². The van der Waals surface area contributed by atoms with E-state index in [-0.39, 0.29) is 0 Å². The molecule has 112 valence electrons. The van der Waals surface area contributed by atoms with Gasteiger partial charge >= 0.3 is 0 Å². The van der Waals surface area contributed by atoms with Gasteiger partial charge in [0.1, 0.15) is 0 Å². The minimum Gasteiger partial charge on any atom is -0.501 e. The third kappa shape index (κ3) is 2.62. The van der Waals surface area contributed by atoms with Crippen LogP contribution >= 0.6 is 0 Å². The molecule has 0 aliphatic carbocycles. The molecule has 22 heavy (non-hydrogen) atoms. The largest absolute Gasteiger partial charge is 0.501 e. The van der Waals surface area contributed by atoms with Gasteiger partial charge in [-0.15, -0.1) is 0 Å². The molecular formula is C19H20N2O. The fraction of sp³-hybridized carbons (Fsp3) is 0.211. The maximum Gasteiger partial charge on any atom is 0.0936 e. The van der Waals surface area contributed by atoms with Crippen molar-refractivity contribution >= 4 is 17.0 Å². The van der Waals surface area contributed by atoms with Gasteiger partial charge in [0, 0.05) is 5.39 Å². The predicted molar refractivity (Wildman–Crippen MR) is 91.2 cm³/mol. The lowest BCUT2D eigenvalue weighted by Crippen LogP contribution is -1.99. The standard InChI is InChI=1S/C19H20N2O/c1-4-22-13-12-18-19-15(3)6-5-7-17(19)20-21(18)16-10-8-14(2)9-11-16/h5-13H,4H2,1-3H3. The Morgan fingerprint density at radius 1 is 1.09 bits per heavy atom. The molecule has 0 atom stereocenters. The first-order chi connectivity index (χ1) is 10.7. The van der Waals surface area contributed by atoms with Crippen molar-refractivity contribution in [1.29, 1.82) is 0 Å². The molecule has 2 aromatic carbocycles. The highest BCUT2D eigenvalue weighted by molar-refractivity contribution is 5.90. The Morgan fingerprint density at radius 3 is 2.59 bits per heavy atom. The van der Waals surface area contributed by atoms with Gasteiger partial charge in [0.15, 0.2) is 0 Å². The van der Waals surface area contributed by atoms with Crippen LogP contribution in [0.25, 0.3) is 22.7 Å². The number of hydrogen-bond acceptors (Lipinski definition) is 2. The third-order valence-electron chi connectivity index (χ3n) is 3.71. The van der Waals surface area contributed by atoms with Crippen molar-refractivity contribution in [2.45, 2.75) is 20.8 Å². The van der Waals surface area contributed by atoms with Gasteiger partial charge in [0.25, 0.3) is 0 Å². The van der Waals surface area contributed by atoms with Crippen LogP contribution in [-0.4, -0.2) is 16.4 Å². The molecule has 0 saturated carbocycles. The topological polar surface area (TPSA) is 27.1 Å². The second-order valence-corrected chi connectivity index (χ2v) is 5.36. The van der Waals surface area contributed by atoms with Crippen molar-refractivity contribution in [3.63, 3.8) is 0 Å². The lowest BCUT2D eigenvalue weighted by atomic mass is 10.1. The average molecular weight is 292 g/mol. The Bertz CT molecular complexity index is 813. The summed E-state index contributed by atoms with van der Waals surface area (Å²) < 4.78 is 7.36. The molecule has 0 unspecified atom stereocenters. The lowest BCUT2D eigenvalue weighted by Gasteiger charge is -2.06. The summed E-state index contributed by atoms with van der Waals surface area (Å²) in [5, 5.41) is 5.93. The van der Waals surface area contributed by atoms with Gasteiger partial charge in [-0.1, -0.05) is 29.8 Å². The molecule has 0 N–H and O–H groups in total. The zero-order valence-corrected chi connectivity index (χ0v) is 13.2. The van der Waals surface area contributed by atoms with E-state index in [1.807, 2.05) is 29.8 Å². The second-order valence-electron chi connectivity index (χ2n) is 5.36. The predicted octanol–water partition coefficient (Wildman–Crippen LogP) is 4.65. The van der Waals surface area contributed by atoms with Gasteiger partial charge in [-0.3, -0.25) is 0 Å². The molecule has 3 rings (SSSR count). The summed E-state index contributed by atoms with van der Waals surface area (Å²) >= 11 is 0. The van der Waals surface area contributed by atoms with Crippen LogP contribution < -0.4 is 0 Å². The monoisotopic (exact) mass is 292 g/mol. The van der Waals surface area contributed by atoms with Gasteiger partial charge in [-0.05, 0) is 50.6 Å². The highest BCUT2D eigenvalue weighted by Crippen LogP contribution is 2.26. The third-order valence-corrected chi connectivity index (χ3v) is 3.71. The van der Waals surface area contributed by atoms with Crippen LogP contribution in [-0.2, 0) is 4.74 Å². The molecular weight excluding hydrogens is 272 g/mol. The first-order valence-corrected chi connectivity index (χ1v) is 7.54. The number of rotatable bonds is 4. The molecule has 0 bridgehead atoms. The fourth-order valence-corrected chi connectivity index (χ4v) is 2.58. The smallest absolute Gasteiger partial charge is 0.0936 e. The Morgan fingerprint density at radius 2 is 1.86 bits per heavy atom. The molecule has 0 amide bonds. The first kappa shape index (κ1) is 14.4. The minimum absolute atomic E-state index is 0.659. The van der Waals surface area contributed by atoms with Crippen molar-refractivity contribution in [1.82, 2.24) is 9.78 Å². The summed E-state index contributed by atoms with van der Waals surface area (Å²) in [6, 6.07) is 14.6. The zero-order valence-electron chi connectivity index (χ0n) is 13.2. The molecule has 3 heteroatoms. The highest BCUT2D eigenvalue weighted by atomic mass is 16.5. The number of benzene rings is 2. The summed E-state index contributed by atoms with van der Waals surface area (Å²) in [5.41, 5.74) is 5.55. The maximum absolute atomic E-state index is 5.38. The zero-order chi connectivity index (χ0) is 15.5. The Hall–Kier alpha value is -2.55. The molecule has 1 aromatic heterocycles. The number of nitrogens with zero attached hydrogens (tertiary/aromatic N) is 2. The van der Waals surface area contributed by atoms with Crippen LogP contribution in [0.4, 0.5) is 0 Å². The van der Waals surface area contributed by atoms with Gasteiger partial charge < -0.3 is 4.74 Å². The maximum atomic E-state index is 5.38. The molecule has 0 aliphatic heterocycles. The van der Waals surface area contributed by atoms with E-state index < -0.39 is 0 Å². The van der Waals surface area contributed by atoms with Crippen molar-refractivity contribution in [3.05, 3.63) is 65.5 Å². The van der Waals surface area contributed by atoms with Crippen LogP contribution in [0.3, 0.4) is 0 Å². The van der Waals surface area contributed by atoms with E-state index in [1.54, 1.807) is 6.26 Å². The van der Waals surface area contributed by atoms with Crippen molar-refractivity contribution in [2.24, 2.45) is 0 Å². The molecule has 0 saturated heterocycles. The van der Waals surface area contributed by atoms with Crippen LogP contribution in [0.2, 0.25) is 0 Å². The van der Waals surface area contributed by atoms with Crippen LogP contribution in [0, 0.1) is 13.8 Å². The van der Waals surface area contributed by atoms with Crippen molar-refractivity contribution in [3.8, 4) is 5.69 Å². The lowest BCUT2D eigenvalue weighted by molar-refractivity contribution is 0.272. The molecule has 0 radical (unpaired) electrons. The van der Waals surface area contributed by atoms with Crippen LogP contribution in [0.1, 0.15) is 23.7 Å². The summed E-state index contributed by atoms with van der Waals surface area (Å²) in [6.07, 6.45) is 3.74. The molecule has 0 spiro atoms. The number of aryl methyl sites for hydroxylation is 2. The molecule has 0 aliphatic rings. The van der Waals surface area contributed by atoms with Crippen molar-refractivity contribution in [2.75, 3.05) is 6.61 Å². The Kier molecular flexibility index (Phi) is 3.96. The minimum atomic E-state index is 0.659. The summed E-state index contributed by atoms with van der Waals surface area (Å²) in [6.45, 7) is 6.84. The summed E-state index contributed by atoms with van der Waals surface area (Å²) in [7, 11) is 0. The van der Waals surface area contributed by atoms with Gasteiger partial charge in [-0.2, -0.15) is 5.10 Å². The van der Waals surface area contributed by atoms with Crippen LogP contribution in [0.15, 0.2) is 48.7 Å². The summed E-state index contributed by atoms with van der Waals surface area (Å²) in [4.78, 5) is 0. The second kappa shape index (κ2) is 6.06. The Balaban J connectivity index is 2.22. The van der Waals surface area contributed by atoms with E-state index in [1.165, 1.54) is 16.5 Å². The highest BCUT2D eigenvalue weighted by Gasteiger charge is 2.12. The quantitative estimate of drug-likeness (QED) is 0.654. The van der Waals surface area contributed by atoms with E-state index in [4.69, 9.17) is 9.84 Å². The molecule has 0 fully saturated rings. The normalized spacial score (nSPS) is 11.4. The van der Waals surface area contributed by atoms with E-state index in [2.05, 4.69) is 44.2 Å². The number of hydrogen-bond donors (Lipinski definition) is 0. The number of ether oxygens (including phenoxy) is 1. The molecule has 3 nitrogen and oxygen atoms in total. The number of fused-ring (bicyclic) bond motifs is 1. The molecule has 1 heterocycles. The van der Waals surface area contributed by atoms with Gasteiger partial charge in [-0.25, -0.2) is 4.68 Å². The van der Waals surface area contributed by atoms with E-state index in [0.29, 0.717) is 6.61 Å². The van der Waals surface area contributed by atoms with E-state index in [9.17, 15) is 0 Å². The average Bonchev–Trinajstić information content (AvgIpc) is 2.88. The van der Waals surface area contributed by atoms with Gasteiger partial charge in [0.2, 0.25) is 0 Å².